The van der Waals surface area contributed by atoms with Gasteiger partial charge in [0.15, 0.2) is 5.60 Å². The summed E-state index contributed by atoms with van der Waals surface area (Å²) in [5.41, 5.74) is -2.51. The second-order valence-corrected chi connectivity index (χ2v) is 7.40. The molecule has 3 saturated carbocycles. The van der Waals surface area contributed by atoms with E-state index in [-0.39, 0.29) is 11.8 Å². The number of rotatable bonds is 1. The first-order chi connectivity index (χ1) is 9.34. The second-order valence-electron chi connectivity index (χ2n) is 7.40. The van der Waals surface area contributed by atoms with Gasteiger partial charge in [-0.25, -0.2) is 0 Å². The molecule has 1 nitrogen and oxygen atoms in total. The predicted molar refractivity (Wildman–Crippen MR) is 71.1 cm³/mol. The predicted octanol–water partition coefficient (Wildman–Crippen LogP) is 4.54. The van der Waals surface area contributed by atoms with Crippen LogP contribution in [0.1, 0.15) is 58.3 Å². The Balaban J connectivity index is 1.95. The van der Waals surface area contributed by atoms with Crippen molar-refractivity contribution >= 4 is 0 Å². The van der Waals surface area contributed by atoms with Crippen LogP contribution in [0.4, 0.5) is 13.2 Å². The van der Waals surface area contributed by atoms with Gasteiger partial charge in [0.25, 0.3) is 0 Å². The van der Waals surface area contributed by atoms with Crippen molar-refractivity contribution < 1.29 is 18.3 Å². The van der Waals surface area contributed by atoms with Crippen LogP contribution >= 0.6 is 0 Å². The topological polar surface area (TPSA) is 20.2 Å². The number of alkyl halides is 3. The summed E-state index contributed by atoms with van der Waals surface area (Å²) in [4.78, 5) is 0. The highest BCUT2D eigenvalue weighted by Gasteiger charge is 2.64. The molecule has 0 aromatic rings. The smallest absolute Gasteiger partial charge is 0.380 e. The molecule has 20 heavy (non-hydrogen) atoms. The summed E-state index contributed by atoms with van der Waals surface area (Å²) in [6.45, 7) is 1.03. The van der Waals surface area contributed by atoms with Crippen LogP contribution < -0.4 is 0 Å². The van der Waals surface area contributed by atoms with Crippen LogP contribution in [0.5, 0.6) is 0 Å². The van der Waals surface area contributed by atoms with E-state index in [9.17, 15) is 18.3 Å². The van der Waals surface area contributed by atoms with E-state index >= 15 is 0 Å². The zero-order valence-corrected chi connectivity index (χ0v) is 12.1. The maximum atomic E-state index is 13.4. The summed E-state index contributed by atoms with van der Waals surface area (Å²) in [6, 6.07) is 0. The van der Waals surface area contributed by atoms with Gasteiger partial charge in [0.2, 0.25) is 0 Å². The average molecular weight is 290 g/mol. The number of aliphatic hydroxyl groups is 1. The van der Waals surface area contributed by atoms with Gasteiger partial charge in [0, 0.05) is 5.92 Å². The van der Waals surface area contributed by atoms with E-state index in [2.05, 4.69) is 0 Å². The standard InChI is InChI=1S/C16H25F3O/c1-15(20,16(17,18)19)14-12-8-4-2-6-10(12)11-7-3-5-9-13(11)14/h10-14,20H,2-9H2,1H3. The van der Waals surface area contributed by atoms with E-state index in [1.54, 1.807) is 0 Å². The fraction of sp³-hybridized carbons (Fsp3) is 1.00. The Morgan fingerprint density at radius 1 is 0.750 bits per heavy atom. The highest BCUT2D eigenvalue weighted by atomic mass is 19.4. The van der Waals surface area contributed by atoms with Gasteiger partial charge in [-0.3, -0.25) is 0 Å². The molecule has 3 rings (SSSR count). The van der Waals surface area contributed by atoms with Crippen LogP contribution in [0.2, 0.25) is 0 Å². The number of fused-ring (bicyclic) bond motifs is 3. The molecule has 0 aromatic carbocycles. The first-order valence-electron chi connectivity index (χ1n) is 8.13. The van der Waals surface area contributed by atoms with Crippen molar-refractivity contribution in [1.29, 1.82) is 0 Å². The summed E-state index contributed by atoms with van der Waals surface area (Å²) in [7, 11) is 0. The Hall–Kier alpha value is -0.250. The number of hydrogen-bond donors (Lipinski definition) is 1. The SMILES string of the molecule is CC(O)(C1C2CCCCC2C2CCCCC21)C(F)(F)F. The minimum absolute atomic E-state index is 0.0912. The summed E-state index contributed by atoms with van der Waals surface area (Å²) in [6.07, 6.45) is 3.80. The monoisotopic (exact) mass is 290 g/mol. The minimum atomic E-state index is -4.51. The third-order valence-electron chi connectivity index (χ3n) is 6.45. The van der Waals surface area contributed by atoms with Gasteiger partial charge in [0.1, 0.15) is 0 Å². The number of hydrogen-bond acceptors (Lipinski definition) is 1. The van der Waals surface area contributed by atoms with Crippen molar-refractivity contribution in [3.05, 3.63) is 0 Å². The zero-order valence-electron chi connectivity index (χ0n) is 12.1. The Morgan fingerprint density at radius 2 is 1.10 bits per heavy atom. The average Bonchev–Trinajstić information content (AvgIpc) is 2.72. The molecule has 0 aromatic heterocycles. The largest absolute Gasteiger partial charge is 0.417 e. The van der Waals surface area contributed by atoms with Crippen LogP contribution in [0.15, 0.2) is 0 Å². The van der Waals surface area contributed by atoms with E-state index in [1.807, 2.05) is 0 Å². The van der Waals surface area contributed by atoms with Crippen LogP contribution in [0, 0.1) is 29.6 Å². The third kappa shape index (κ3) is 2.10. The molecule has 5 unspecified atom stereocenters. The lowest BCUT2D eigenvalue weighted by Crippen LogP contribution is -2.52. The Morgan fingerprint density at radius 3 is 1.45 bits per heavy atom. The molecule has 0 bridgehead atoms. The Labute approximate surface area is 118 Å². The molecule has 0 amide bonds. The van der Waals surface area contributed by atoms with Gasteiger partial charge in [0.05, 0.1) is 0 Å². The molecular formula is C16H25F3O. The van der Waals surface area contributed by atoms with Gasteiger partial charge >= 0.3 is 6.18 Å². The zero-order chi connectivity index (χ0) is 14.5. The van der Waals surface area contributed by atoms with Crippen molar-refractivity contribution in [2.75, 3.05) is 0 Å². The van der Waals surface area contributed by atoms with Gasteiger partial charge in [-0.15, -0.1) is 0 Å². The molecule has 0 spiro atoms. The van der Waals surface area contributed by atoms with Crippen molar-refractivity contribution in [3.8, 4) is 0 Å². The molecule has 4 heteroatoms. The van der Waals surface area contributed by atoms with Crippen LogP contribution in [0.25, 0.3) is 0 Å². The van der Waals surface area contributed by atoms with Gasteiger partial charge in [-0.2, -0.15) is 13.2 Å². The maximum absolute atomic E-state index is 13.4. The van der Waals surface area contributed by atoms with Gasteiger partial charge in [-0.1, -0.05) is 25.7 Å². The van der Waals surface area contributed by atoms with E-state index in [0.29, 0.717) is 11.8 Å². The second kappa shape index (κ2) is 4.89. The first-order valence-corrected chi connectivity index (χ1v) is 8.13. The summed E-state index contributed by atoms with van der Waals surface area (Å²) in [5, 5.41) is 10.3. The normalized spacial score (nSPS) is 44.5. The lowest BCUT2D eigenvalue weighted by Gasteiger charge is -2.41. The maximum Gasteiger partial charge on any atom is 0.417 e. The fourth-order valence-corrected chi connectivity index (χ4v) is 5.67. The molecule has 0 heterocycles. The molecule has 3 aliphatic carbocycles. The van der Waals surface area contributed by atoms with E-state index in [0.717, 1.165) is 58.3 Å². The summed E-state index contributed by atoms with van der Waals surface area (Å²) >= 11 is 0. The van der Waals surface area contributed by atoms with Crippen LogP contribution in [0.3, 0.4) is 0 Å². The molecule has 0 saturated heterocycles. The molecule has 3 aliphatic rings. The highest BCUT2D eigenvalue weighted by Crippen LogP contribution is 2.61. The summed E-state index contributed by atoms with van der Waals surface area (Å²) in [5.74, 6) is 0.487. The number of halogens is 3. The molecular weight excluding hydrogens is 265 g/mol. The van der Waals surface area contributed by atoms with E-state index in [4.69, 9.17) is 0 Å². The van der Waals surface area contributed by atoms with Gasteiger partial charge < -0.3 is 5.11 Å². The van der Waals surface area contributed by atoms with E-state index in [1.165, 1.54) is 0 Å². The molecule has 0 radical (unpaired) electrons. The minimum Gasteiger partial charge on any atom is -0.380 e. The Bertz CT molecular complexity index is 341. The van der Waals surface area contributed by atoms with Crippen molar-refractivity contribution in [1.82, 2.24) is 0 Å². The molecule has 3 fully saturated rings. The quantitative estimate of drug-likeness (QED) is 0.751. The fourth-order valence-electron chi connectivity index (χ4n) is 5.67. The molecule has 116 valence electrons. The van der Waals surface area contributed by atoms with Crippen molar-refractivity contribution in [2.24, 2.45) is 29.6 Å². The first kappa shape index (κ1) is 14.7. The Kier molecular flexibility index (Phi) is 3.59. The highest BCUT2D eigenvalue weighted by molar-refractivity contribution is 5.07. The molecule has 0 aliphatic heterocycles. The third-order valence-corrected chi connectivity index (χ3v) is 6.45. The van der Waals surface area contributed by atoms with Gasteiger partial charge in [-0.05, 0) is 56.3 Å². The van der Waals surface area contributed by atoms with Crippen LogP contribution in [-0.2, 0) is 0 Å². The molecule has 5 atom stereocenters. The van der Waals surface area contributed by atoms with E-state index < -0.39 is 17.7 Å². The lowest BCUT2D eigenvalue weighted by atomic mass is 9.69. The summed E-state index contributed by atoms with van der Waals surface area (Å²) < 4.78 is 40.1. The van der Waals surface area contributed by atoms with Crippen molar-refractivity contribution in [2.45, 2.75) is 70.1 Å². The van der Waals surface area contributed by atoms with Crippen LogP contribution in [-0.4, -0.2) is 16.9 Å². The molecule has 1 N–H and O–H groups in total. The van der Waals surface area contributed by atoms with Crippen molar-refractivity contribution in [3.63, 3.8) is 0 Å². The lowest BCUT2D eigenvalue weighted by molar-refractivity contribution is -0.282.